The van der Waals surface area contributed by atoms with Crippen LogP contribution in [0.4, 0.5) is 10.1 Å². The van der Waals surface area contributed by atoms with Crippen molar-refractivity contribution in [1.82, 2.24) is 10.2 Å². The van der Waals surface area contributed by atoms with Crippen molar-refractivity contribution in [2.45, 2.75) is 33.4 Å². The Kier molecular flexibility index (Phi) is 8.68. The predicted octanol–water partition coefficient (Wildman–Crippen LogP) is 3.93. The summed E-state index contributed by atoms with van der Waals surface area (Å²) in [7, 11) is -3.88. The van der Waals surface area contributed by atoms with E-state index in [0.29, 0.717) is 17.6 Å². The maximum absolute atomic E-state index is 14.5. The molecule has 9 heteroatoms. The third-order valence-corrected chi connectivity index (χ3v) is 6.99. The minimum Gasteiger partial charge on any atom is -0.354 e. The first-order chi connectivity index (χ1) is 17.0. The summed E-state index contributed by atoms with van der Waals surface area (Å²) in [5, 5.41) is 4.29. The van der Waals surface area contributed by atoms with Crippen LogP contribution >= 0.6 is 0 Å². The first-order valence-corrected chi connectivity index (χ1v) is 13.6. The number of hydrogen-bond acceptors (Lipinski definition) is 4. The Morgan fingerprint density at radius 2 is 1.58 bits per heavy atom. The van der Waals surface area contributed by atoms with Crippen molar-refractivity contribution >= 4 is 38.3 Å². The van der Waals surface area contributed by atoms with E-state index in [-0.39, 0.29) is 18.0 Å². The zero-order chi connectivity index (χ0) is 26.5. The maximum Gasteiger partial charge on any atom is 0.244 e. The van der Waals surface area contributed by atoms with Gasteiger partial charge in [0.05, 0.1) is 11.9 Å². The zero-order valence-corrected chi connectivity index (χ0v) is 21.8. The van der Waals surface area contributed by atoms with Crippen LogP contribution < -0.4 is 9.62 Å². The first-order valence-electron chi connectivity index (χ1n) is 11.7. The topological polar surface area (TPSA) is 86.8 Å². The van der Waals surface area contributed by atoms with E-state index in [9.17, 15) is 22.4 Å². The van der Waals surface area contributed by atoms with E-state index in [4.69, 9.17) is 0 Å². The molecule has 0 saturated carbocycles. The first kappa shape index (κ1) is 27.1. The second kappa shape index (κ2) is 11.5. The van der Waals surface area contributed by atoms with E-state index in [1.54, 1.807) is 37.3 Å². The predicted molar refractivity (Wildman–Crippen MR) is 140 cm³/mol. The van der Waals surface area contributed by atoms with Gasteiger partial charge in [-0.1, -0.05) is 68.4 Å². The fourth-order valence-electron chi connectivity index (χ4n) is 3.87. The summed E-state index contributed by atoms with van der Waals surface area (Å²) in [4.78, 5) is 27.7. The minimum absolute atomic E-state index is 0.186. The number of carbonyl (C=O) groups is 2. The van der Waals surface area contributed by atoms with E-state index < -0.39 is 40.2 Å². The van der Waals surface area contributed by atoms with Gasteiger partial charge in [-0.15, -0.1) is 0 Å². The van der Waals surface area contributed by atoms with E-state index in [1.807, 2.05) is 32.0 Å². The Balaban J connectivity index is 1.98. The third kappa shape index (κ3) is 6.60. The molecule has 192 valence electrons. The highest BCUT2D eigenvalue weighted by Gasteiger charge is 2.31. The Hall–Kier alpha value is -3.46. The molecule has 3 rings (SSSR count). The molecule has 7 nitrogen and oxygen atoms in total. The minimum atomic E-state index is -3.88. The van der Waals surface area contributed by atoms with Crippen molar-refractivity contribution in [1.29, 1.82) is 0 Å². The number of carbonyl (C=O) groups excluding carboxylic acids is 2. The largest absolute Gasteiger partial charge is 0.354 e. The number of amides is 2. The smallest absolute Gasteiger partial charge is 0.244 e. The molecular formula is C27H32FN3O4S. The second-order valence-electron chi connectivity index (χ2n) is 9.20. The molecule has 0 saturated heterocycles. The number of anilines is 1. The quantitative estimate of drug-likeness (QED) is 0.445. The van der Waals surface area contributed by atoms with Crippen LogP contribution in [-0.4, -0.2) is 50.5 Å². The van der Waals surface area contributed by atoms with Crippen molar-refractivity contribution in [3.8, 4) is 0 Å². The average molecular weight is 514 g/mol. The molecule has 0 fully saturated rings. The molecule has 0 bridgehead atoms. The SMILES string of the molecule is CC(C)CNC(=O)[C@@H](C)N(Cc1ccccc1F)C(=O)CN(c1cccc2ccccc12)S(C)(=O)=O. The Morgan fingerprint density at radius 1 is 0.944 bits per heavy atom. The summed E-state index contributed by atoms with van der Waals surface area (Å²) in [5.74, 6) is -1.34. The number of nitrogens with zero attached hydrogens (tertiary/aromatic N) is 2. The molecule has 1 N–H and O–H groups in total. The van der Waals surface area contributed by atoms with Crippen molar-refractivity contribution in [2.75, 3.05) is 23.7 Å². The van der Waals surface area contributed by atoms with Gasteiger partial charge in [-0.25, -0.2) is 12.8 Å². The Morgan fingerprint density at radius 3 is 2.25 bits per heavy atom. The van der Waals surface area contributed by atoms with Gasteiger partial charge in [-0.05, 0) is 30.4 Å². The van der Waals surface area contributed by atoms with Crippen LogP contribution in [0.3, 0.4) is 0 Å². The standard InChI is InChI=1S/C27H32FN3O4S/c1-19(2)16-29-27(33)20(3)30(17-22-11-6-8-14-24(22)28)26(32)18-31(36(4,34)35)25-15-9-12-21-10-5-7-13-23(21)25/h5-15,19-20H,16-18H2,1-4H3,(H,29,33)/t20-/m1/s1. The number of fused-ring (bicyclic) bond motifs is 1. The fraction of sp³-hybridized carbons (Fsp3) is 0.333. The van der Waals surface area contributed by atoms with Crippen LogP contribution in [0, 0.1) is 11.7 Å². The summed E-state index contributed by atoms with van der Waals surface area (Å²) in [6.45, 7) is 5.13. The monoisotopic (exact) mass is 513 g/mol. The second-order valence-corrected chi connectivity index (χ2v) is 11.1. The van der Waals surface area contributed by atoms with Crippen LogP contribution in [0.2, 0.25) is 0 Å². The molecule has 0 radical (unpaired) electrons. The Labute approximate surface area is 212 Å². The van der Waals surface area contributed by atoms with Gasteiger partial charge in [0.1, 0.15) is 18.4 Å². The van der Waals surface area contributed by atoms with E-state index in [2.05, 4.69) is 5.32 Å². The third-order valence-electron chi connectivity index (χ3n) is 5.86. The molecule has 0 aliphatic heterocycles. The lowest BCUT2D eigenvalue weighted by molar-refractivity contribution is -0.139. The molecule has 0 spiro atoms. The fourth-order valence-corrected chi connectivity index (χ4v) is 4.73. The normalized spacial score (nSPS) is 12.4. The lowest BCUT2D eigenvalue weighted by Crippen LogP contribution is -2.51. The van der Waals surface area contributed by atoms with Crippen LogP contribution in [0.5, 0.6) is 0 Å². The number of nitrogens with one attached hydrogen (secondary N) is 1. The lowest BCUT2D eigenvalue weighted by Gasteiger charge is -2.32. The number of benzene rings is 3. The van der Waals surface area contributed by atoms with Gasteiger partial charge < -0.3 is 10.2 Å². The highest BCUT2D eigenvalue weighted by molar-refractivity contribution is 7.92. The number of sulfonamides is 1. The summed E-state index contributed by atoms with van der Waals surface area (Å²) in [6, 6.07) is 17.5. The maximum atomic E-state index is 14.5. The number of hydrogen-bond donors (Lipinski definition) is 1. The molecule has 0 aromatic heterocycles. The van der Waals surface area contributed by atoms with Crippen molar-refractivity contribution in [2.24, 2.45) is 5.92 Å². The summed E-state index contributed by atoms with van der Waals surface area (Å²) < 4.78 is 41.2. The highest BCUT2D eigenvalue weighted by atomic mass is 32.2. The highest BCUT2D eigenvalue weighted by Crippen LogP contribution is 2.28. The Bertz CT molecular complexity index is 1340. The van der Waals surface area contributed by atoms with Gasteiger partial charge in [0.2, 0.25) is 21.8 Å². The number of halogens is 1. The molecule has 3 aromatic carbocycles. The van der Waals surface area contributed by atoms with Gasteiger partial charge in [0.25, 0.3) is 0 Å². The molecule has 0 aliphatic rings. The molecule has 0 unspecified atom stereocenters. The van der Waals surface area contributed by atoms with Crippen molar-refractivity contribution in [3.63, 3.8) is 0 Å². The van der Waals surface area contributed by atoms with Crippen molar-refractivity contribution < 1.29 is 22.4 Å². The molecule has 3 aromatic rings. The van der Waals surface area contributed by atoms with Crippen LogP contribution in [0.25, 0.3) is 10.8 Å². The van der Waals surface area contributed by atoms with Crippen LogP contribution in [0.15, 0.2) is 66.7 Å². The van der Waals surface area contributed by atoms with Crippen molar-refractivity contribution in [3.05, 3.63) is 78.1 Å². The summed E-state index contributed by atoms with van der Waals surface area (Å²) in [6.07, 6.45) is 1.03. The van der Waals surface area contributed by atoms with Gasteiger partial charge in [0, 0.05) is 24.0 Å². The van der Waals surface area contributed by atoms with Gasteiger partial charge >= 0.3 is 0 Å². The molecule has 2 amide bonds. The molecule has 36 heavy (non-hydrogen) atoms. The summed E-state index contributed by atoms with van der Waals surface area (Å²) in [5.41, 5.74) is 0.581. The molecule has 0 aliphatic carbocycles. The lowest BCUT2D eigenvalue weighted by atomic mass is 10.1. The van der Waals surface area contributed by atoms with E-state index in [1.165, 1.54) is 23.1 Å². The van der Waals surface area contributed by atoms with E-state index >= 15 is 0 Å². The van der Waals surface area contributed by atoms with Crippen LogP contribution in [0.1, 0.15) is 26.3 Å². The zero-order valence-electron chi connectivity index (χ0n) is 20.9. The molecule has 1 atom stereocenters. The van der Waals surface area contributed by atoms with Gasteiger partial charge in [-0.3, -0.25) is 13.9 Å². The van der Waals surface area contributed by atoms with E-state index in [0.717, 1.165) is 15.9 Å². The van der Waals surface area contributed by atoms with Crippen LogP contribution in [-0.2, 0) is 26.2 Å². The molecular weight excluding hydrogens is 481 g/mol. The number of rotatable bonds is 10. The average Bonchev–Trinajstić information content (AvgIpc) is 2.83. The van der Waals surface area contributed by atoms with Gasteiger partial charge in [0.15, 0.2) is 0 Å². The summed E-state index contributed by atoms with van der Waals surface area (Å²) >= 11 is 0. The molecule has 0 heterocycles. The van der Waals surface area contributed by atoms with Gasteiger partial charge in [-0.2, -0.15) is 0 Å².